The first-order valence-corrected chi connectivity index (χ1v) is 7.85. The molecule has 0 spiro atoms. The first-order chi connectivity index (χ1) is 11.8. The number of aromatic amines is 2. The molecule has 2 N–H and O–H groups in total. The Bertz CT molecular complexity index is 990. The minimum absolute atomic E-state index is 0. The molecule has 0 atom stereocenters. The molecule has 2 aliphatic heterocycles. The first kappa shape index (κ1) is 15.2. The first-order valence-electron chi connectivity index (χ1n) is 7.85. The summed E-state index contributed by atoms with van der Waals surface area (Å²) in [4.78, 5) is 16.0. The van der Waals surface area contributed by atoms with Crippen LogP contribution in [0.3, 0.4) is 0 Å². The molecule has 0 aliphatic carbocycles. The maximum Gasteiger partial charge on any atom is 0.0658 e. The van der Waals surface area contributed by atoms with Crippen molar-refractivity contribution in [2.45, 2.75) is 0 Å². The SMILES string of the molecule is C1=Cc2cc3ccc(cc4nc(cc5ccc(cc1n2)[nH]5)C=C4)[nH]3.[B]. The van der Waals surface area contributed by atoms with E-state index in [0.717, 1.165) is 44.8 Å². The number of hydrogen-bond donors (Lipinski definition) is 2. The molecule has 3 aromatic rings. The maximum absolute atomic E-state index is 4.63. The number of aromatic nitrogens is 4. The quantitative estimate of drug-likeness (QED) is 0.418. The average molecular weight is 321 g/mol. The zero-order valence-corrected chi connectivity index (χ0v) is 13.4. The highest BCUT2D eigenvalue weighted by Crippen LogP contribution is 2.16. The van der Waals surface area contributed by atoms with Crippen LogP contribution in [-0.4, -0.2) is 28.3 Å². The third-order valence-corrected chi connectivity index (χ3v) is 4.04. The van der Waals surface area contributed by atoms with Crippen molar-refractivity contribution in [3.8, 4) is 0 Å². The van der Waals surface area contributed by atoms with E-state index < -0.39 is 0 Å². The van der Waals surface area contributed by atoms with Crippen LogP contribution in [0.2, 0.25) is 0 Å². The summed E-state index contributed by atoms with van der Waals surface area (Å²) in [6, 6.07) is 16.4. The molecule has 0 aromatic carbocycles. The van der Waals surface area contributed by atoms with Crippen molar-refractivity contribution in [3.05, 3.63) is 71.3 Å². The lowest BCUT2D eigenvalue weighted by molar-refractivity contribution is 1.31. The third kappa shape index (κ3) is 3.04. The number of H-pyrrole nitrogens is 2. The zero-order chi connectivity index (χ0) is 15.9. The molecule has 0 amide bonds. The van der Waals surface area contributed by atoms with Crippen LogP contribution in [0.25, 0.3) is 46.4 Å². The Labute approximate surface area is 146 Å². The van der Waals surface area contributed by atoms with Crippen LogP contribution in [0.5, 0.6) is 0 Å². The molecule has 5 heterocycles. The number of fused-ring (bicyclic) bond motifs is 8. The van der Waals surface area contributed by atoms with Crippen molar-refractivity contribution in [2.24, 2.45) is 0 Å². The molecule has 3 aromatic heterocycles. The summed E-state index contributed by atoms with van der Waals surface area (Å²) in [7, 11) is 0. The molecular weight excluding hydrogens is 307 g/mol. The van der Waals surface area contributed by atoms with E-state index in [0.29, 0.717) is 0 Å². The normalized spacial score (nSPS) is 12.2. The Balaban J connectivity index is 0.00000157. The van der Waals surface area contributed by atoms with Gasteiger partial charge in [0.25, 0.3) is 0 Å². The Morgan fingerprint density at radius 2 is 0.760 bits per heavy atom. The fraction of sp³-hybridized carbons (Fsp3) is 0. The summed E-state index contributed by atoms with van der Waals surface area (Å²) in [6.07, 6.45) is 8.09. The molecule has 0 saturated heterocycles. The van der Waals surface area contributed by atoms with Crippen LogP contribution in [-0.2, 0) is 0 Å². The van der Waals surface area contributed by atoms with Gasteiger partial charge in [0.05, 0.1) is 22.8 Å². The zero-order valence-electron chi connectivity index (χ0n) is 13.4. The summed E-state index contributed by atoms with van der Waals surface area (Å²) < 4.78 is 0. The van der Waals surface area contributed by atoms with Crippen LogP contribution in [0.4, 0.5) is 0 Å². The van der Waals surface area contributed by atoms with Crippen LogP contribution in [0.15, 0.2) is 48.5 Å². The number of nitrogens with zero attached hydrogens (tertiary/aromatic N) is 2. The molecule has 117 valence electrons. The van der Waals surface area contributed by atoms with Crippen molar-refractivity contribution >= 4 is 54.8 Å². The lowest BCUT2D eigenvalue weighted by Crippen LogP contribution is -1.75. The highest BCUT2D eigenvalue weighted by molar-refractivity contribution is 5.77. The smallest absolute Gasteiger partial charge is 0.0658 e. The number of nitrogens with one attached hydrogen (secondary N) is 2. The largest absolute Gasteiger partial charge is 0.355 e. The van der Waals surface area contributed by atoms with Crippen molar-refractivity contribution < 1.29 is 0 Å². The van der Waals surface area contributed by atoms with Crippen molar-refractivity contribution in [2.75, 3.05) is 0 Å². The second-order valence-electron chi connectivity index (χ2n) is 5.91. The highest BCUT2D eigenvalue weighted by atomic mass is 14.8. The molecule has 0 saturated carbocycles. The van der Waals surface area contributed by atoms with Gasteiger partial charge in [0, 0.05) is 30.5 Å². The summed E-state index contributed by atoms with van der Waals surface area (Å²) in [6.45, 7) is 0. The topological polar surface area (TPSA) is 57.4 Å². The van der Waals surface area contributed by atoms with Crippen LogP contribution in [0.1, 0.15) is 22.8 Å². The Hall–Kier alpha value is -3.34. The van der Waals surface area contributed by atoms with E-state index >= 15 is 0 Å². The summed E-state index contributed by atoms with van der Waals surface area (Å²) in [5.74, 6) is 0. The van der Waals surface area contributed by atoms with E-state index in [1.165, 1.54) is 0 Å². The standard InChI is InChI=1S/C20H14N4.B/c1-2-14-10-16-5-6-18(23-16)12-20-8-7-19(24-20)11-17-4-3-15(22-17)9-13(1)21-14;/h1-12,21,24H;. The lowest BCUT2D eigenvalue weighted by atomic mass is 10.3. The van der Waals surface area contributed by atoms with Crippen LogP contribution in [0, 0.1) is 0 Å². The van der Waals surface area contributed by atoms with Gasteiger partial charge in [-0.15, -0.1) is 0 Å². The Morgan fingerprint density at radius 3 is 1.04 bits per heavy atom. The van der Waals surface area contributed by atoms with Crippen LogP contribution >= 0.6 is 0 Å². The van der Waals surface area contributed by atoms with Crippen molar-refractivity contribution in [3.63, 3.8) is 0 Å². The average Bonchev–Trinajstić information content (AvgIpc) is 3.32. The molecule has 5 rings (SSSR count). The highest BCUT2D eigenvalue weighted by Gasteiger charge is 2.00. The minimum atomic E-state index is 0. The predicted molar refractivity (Wildman–Crippen MR) is 105 cm³/mol. The van der Waals surface area contributed by atoms with E-state index in [2.05, 4.69) is 44.2 Å². The van der Waals surface area contributed by atoms with Gasteiger partial charge in [-0.2, -0.15) is 0 Å². The van der Waals surface area contributed by atoms with E-state index in [4.69, 9.17) is 0 Å². The van der Waals surface area contributed by atoms with Crippen molar-refractivity contribution in [1.29, 1.82) is 0 Å². The maximum atomic E-state index is 4.63. The monoisotopic (exact) mass is 321 g/mol. The minimum Gasteiger partial charge on any atom is -0.355 e. The van der Waals surface area contributed by atoms with Gasteiger partial charge in [-0.3, -0.25) is 0 Å². The number of rotatable bonds is 0. The van der Waals surface area contributed by atoms with Crippen LogP contribution < -0.4 is 0 Å². The van der Waals surface area contributed by atoms with Crippen molar-refractivity contribution in [1.82, 2.24) is 19.9 Å². The second kappa shape index (κ2) is 5.94. The van der Waals surface area contributed by atoms with Gasteiger partial charge in [0.2, 0.25) is 0 Å². The summed E-state index contributed by atoms with van der Waals surface area (Å²) >= 11 is 0. The van der Waals surface area contributed by atoms with Gasteiger partial charge in [0.1, 0.15) is 0 Å². The van der Waals surface area contributed by atoms with E-state index in [-0.39, 0.29) is 8.41 Å². The third-order valence-electron chi connectivity index (χ3n) is 4.04. The van der Waals surface area contributed by atoms with Gasteiger partial charge in [0.15, 0.2) is 0 Å². The molecule has 0 unspecified atom stereocenters. The Morgan fingerprint density at radius 1 is 0.480 bits per heavy atom. The molecule has 3 radical (unpaired) electrons. The van der Waals surface area contributed by atoms with Gasteiger partial charge in [-0.25, -0.2) is 9.97 Å². The molecule has 25 heavy (non-hydrogen) atoms. The Kier molecular flexibility index (Phi) is 3.62. The molecule has 8 bridgehead atoms. The molecular formula is C20H14BN4. The predicted octanol–water partition coefficient (Wildman–Crippen LogP) is 4.27. The number of hydrogen-bond acceptors (Lipinski definition) is 2. The van der Waals surface area contributed by atoms with E-state index in [1.807, 2.05) is 48.6 Å². The van der Waals surface area contributed by atoms with Gasteiger partial charge in [-0.05, 0) is 72.8 Å². The van der Waals surface area contributed by atoms with Gasteiger partial charge < -0.3 is 9.97 Å². The fourth-order valence-corrected chi connectivity index (χ4v) is 2.94. The lowest BCUT2D eigenvalue weighted by Gasteiger charge is -1.85. The fourth-order valence-electron chi connectivity index (χ4n) is 2.94. The van der Waals surface area contributed by atoms with E-state index in [9.17, 15) is 0 Å². The second-order valence-corrected chi connectivity index (χ2v) is 5.91. The molecule has 5 heteroatoms. The molecule has 0 fully saturated rings. The summed E-state index contributed by atoms with van der Waals surface area (Å²) in [5, 5.41) is 0. The van der Waals surface area contributed by atoms with E-state index in [1.54, 1.807) is 0 Å². The van der Waals surface area contributed by atoms with Gasteiger partial charge >= 0.3 is 0 Å². The molecule has 4 nitrogen and oxygen atoms in total. The summed E-state index contributed by atoms with van der Waals surface area (Å²) in [5.41, 5.74) is 7.86. The molecule has 2 aliphatic rings. The van der Waals surface area contributed by atoms with Gasteiger partial charge in [-0.1, -0.05) is 0 Å².